The van der Waals surface area contributed by atoms with E-state index in [0.717, 1.165) is 0 Å². The molecule has 0 saturated heterocycles. The van der Waals surface area contributed by atoms with Crippen LogP contribution >= 0.6 is 0 Å². The monoisotopic (exact) mass is 292 g/mol. The summed E-state index contributed by atoms with van der Waals surface area (Å²) in [7, 11) is -7.13. The van der Waals surface area contributed by atoms with Gasteiger partial charge in [0.15, 0.2) is 0 Å². The maximum Gasteiger partial charge on any atom is 0.238 e. The molecular weight excluding hydrogens is 276 g/mol. The number of rotatable bonds is 5. The Morgan fingerprint density at radius 2 is 1.89 bits per heavy atom. The highest BCUT2D eigenvalue weighted by Gasteiger charge is 2.15. The van der Waals surface area contributed by atoms with Gasteiger partial charge >= 0.3 is 0 Å². The molecule has 0 amide bonds. The number of hydrogen-bond donors (Lipinski definition) is 2. The van der Waals surface area contributed by atoms with E-state index in [1.807, 2.05) is 0 Å². The molecule has 0 aliphatic rings. The topological polar surface area (TPSA) is 106 Å². The minimum Gasteiger partial charge on any atom is -0.225 e. The first-order valence-corrected chi connectivity index (χ1v) is 8.48. The SMILES string of the molecule is CCS(=O)(=O)NC(C)c1cccc(S(N)(=O)=O)c1. The van der Waals surface area contributed by atoms with Crippen molar-refractivity contribution in [3.63, 3.8) is 0 Å². The van der Waals surface area contributed by atoms with E-state index in [1.54, 1.807) is 13.0 Å². The predicted octanol–water partition coefficient (Wildman–Crippen LogP) is 0.334. The van der Waals surface area contributed by atoms with Crippen molar-refractivity contribution in [2.45, 2.75) is 24.8 Å². The summed E-state index contributed by atoms with van der Waals surface area (Å²) in [5.74, 6) is -0.0355. The van der Waals surface area contributed by atoms with Crippen molar-refractivity contribution in [3.05, 3.63) is 29.8 Å². The van der Waals surface area contributed by atoms with E-state index in [2.05, 4.69) is 4.72 Å². The van der Waals surface area contributed by atoms with Gasteiger partial charge < -0.3 is 0 Å². The molecular formula is C10H16N2O4S2. The largest absolute Gasteiger partial charge is 0.238 e. The molecule has 8 heteroatoms. The Hall–Kier alpha value is -0.960. The summed E-state index contributed by atoms with van der Waals surface area (Å²) in [5.41, 5.74) is 0.540. The van der Waals surface area contributed by atoms with Crippen molar-refractivity contribution >= 4 is 20.0 Å². The molecule has 1 rings (SSSR count). The molecule has 0 aromatic heterocycles. The summed E-state index contributed by atoms with van der Waals surface area (Å²) < 4.78 is 47.6. The lowest BCUT2D eigenvalue weighted by Gasteiger charge is -2.14. The van der Waals surface area contributed by atoms with Gasteiger partial charge in [-0.2, -0.15) is 0 Å². The fourth-order valence-corrected chi connectivity index (χ4v) is 2.79. The van der Waals surface area contributed by atoms with Crippen LogP contribution in [0.3, 0.4) is 0 Å². The molecule has 18 heavy (non-hydrogen) atoms. The molecule has 0 saturated carbocycles. The van der Waals surface area contributed by atoms with Crippen molar-refractivity contribution in [1.29, 1.82) is 0 Å². The van der Waals surface area contributed by atoms with Crippen LogP contribution < -0.4 is 9.86 Å². The van der Waals surface area contributed by atoms with Crippen LogP contribution in [0.4, 0.5) is 0 Å². The lowest BCUT2D eigenvalue weighted by molar-refractivity contribution is 0.568. The highest BCUT2D eigenvalue weighted by Crippen LogP contribution is 2.17. The number of nitrogens with one attached hydrogen (secondary N) is 1. The molecule has 0 bridgehead atoms. The molecule has 1 unspecified atom stereocenters. The molecule has 1 atom stereocenters. The number of nitrogens with two attached hydrogens (primary N) is 1. The molecule has 0 aliphatic carbocycles. The van der Waals surface area contributed by atoms with Gasteiger partial charge in [-0.1, -0.05) is 12.1 Å². The molecule has 6 nitrogen and oxygen atoms in total. The van der Waals surface area contributed by atoms with E-state index >= 15 is 0 Å². The molecule has 0 radical (unpaired) electrons. The molecule has 0 fully saturated rings. The zero-order valence-corrected chi connectivity index (χ0v) is 11.8. The van der Waals surface area contributed by atoms with Crippen molar-refractivity contribution < 1.29 is 16.8 Å². The number of benzene rings is 1. The van der Waals surface area contributed by atoms with Gasteiger partial charge in [0, 0.05) is 6.04 Å². The van der Waals surface area contributed by atoms with E-state index in [-0.39, 0.29) is 10.6 Å². The average Bonchev–Trinajstić information content (AvgIpc) is 2.27. The second-order valence-electron chi connectivity index (χ2n) is 3.86. The van der Waals surface area contributed by atoms with Gasteiger partial charge in [-0.25, -0.2) is 26.7 Å². The van der Waals surface area contributed by atoms with Crippen molar-refractivity contribution in [2.75, 3.05) is 5.75 Å². The third-order valence-electron chi connectivity index (χ3n) is 2.42. The van der Waals surface area contributed by atoms with Crippen molar-refractivity contribution in [1.82, 2.24) is 4.72 Å². The summed E-state index contributed by atoms with van der Waals surface area (Å²) in [6.07, 6.45) is 0. The van der Waals surface area contributed by atoms with Crippen molar-refractivity contribution in [2.24, 2.45) is 5.14 Å². The van der Waals surface area contributed by atoms with E-state index in [1.165, 1.54) is 25.1 Å². The molecule has 1 aromatic carbocycles. The van der Waals surface area contributed by atoms with Gasteiger partial charge in [0.05, 0.1) is 10.6 Å². The summed E-state index contributed by atoms with van der Waals surface area (Å²) in [6.45, 7) is 3.16. The number of sulfonamides is 2. The Morgan fingerprint density at radius 3 is 2.39 bits per heavy atom. The van der Waals surface area contributed by atoms with Gasteiger partial charge in [0.1, 0.15) is 0 Å². The van der Waals surface area contributed by atoms with Crippen LogP contribution in [0.15, 0.2) is 29.2 Å². The van der Waals surface area contributed by atoms with E-state index in [4.69, 9.17) is 5.14 Å². The Morgan fingerprint density at radius 1 is 1.28 bits per heavy atom. The van der Waals surface area contributed by atoms with E-state index < -0.39 is 26.1 Å². The third-order valence-corrected chi connectivity index (χ3v) is 4.81. The molecule has 102 valence electrons. The van der Waals surface area contributed by atoms with Crippen molar-refractivity contribution in [3.8, 4) is 0 Å². The fraction of sp³-hybridized carbons (Fsp3) is 0.400. The molecule has 3 N–H and O–H groups in total. The highest BCUT2D eigenvalue weighted by atomic mass is 32.2. The Bertz CT molecular complexity index is 623. The Labute approximate surface area is 107 Å². The van der Waals surface area contributed by atoms with Gasteiger partial charge in [-0.3, -0.25) is 0 Å². The third kappa shape index (κ3) is 4.05. The van der Waals surface area contributed by atoms with Crippen LogP contribution in [-0.4, -0.2) is 22.6 Å². The summed E-state index contributed by atoms with van der Waals surface area (Å²) in [6, 6.07) is 5.36. The summed E-state index contributed by atoms with van der Waals surface area (Å²) in [4.78, 5) is -0.0393. The average molecular weight is 292 g/mol. The smallest absolute Gasteiger partial charge is 0.225 e. The number of hydrogen-bond acceptors (Lipinski definition) is 4. The van der Waals surface area contributed by atoms with Gasteiger partial charge in [0.25, 0.3) is 0 Å². The lowest BCUT2D eigenvalue weighted by Crippen LogP contribution is -2.28. The van der Waals surface area contributed by atoms with Crippen LogP contribution in [0, 0.1) is 0 Å². The maximum absolute atomic E-state index is 11.4. The van der Waals surface area contributed by atoms with Crippen LogP contribution in [0.5, 0.6) is 0 Å². The number of primary sulfonamides is 1. The molecule has 0 heterocycles. The standard InChI is InChI=1S/C10H16N2O4S2/c1-3-17(13,14)12-8(2)9-5-4-6-10(7-9)18(11,15)16/h4-8,12H,3H2,1-2H3,(H2,11,15,16). The first kappa shape index (κ1) is 15.1. The van der Waals surface area contributed by atoms with Crippen LogP contribution in [0.2, 0.25) is 0 Å². The Kier molecular flexibility index (Phi) is 4.49. The fourth-order valence-electron chi connectivity index (χ4n) is 1.38. The van der Waals surface area contributed by atoms with E-state index in [0.29, 0.717) is 5.56 Å². The minimum absolute atomic E-state index is 0.0355. The summed E-state index contributed by atoms with van der Waals surface area (Å²) in [5, 5.41) is 5.01. The second-order valence-corrected chi connectivity index (χ2v) is 7.46. The van der Waals surface area contributed by atoms with Crippen LogP contribution in [0.1, 0.15) is 25.5 Å². The first-order valence-electron chi connectivity index (χ1n) is 5.28. The minimum atomic E-state index is -3.79. The normalized spacial score (nSPS) is 14.4. The maximum atomic E-state index is 11.4. The van der Waals surface area contributed by atoms with Gasteiger partial charge in [-0.15, -0.1) is 0 Å². The highest BCUT2D eigenvalue weighted by molar-refractivity contribution is 7.89. The summed E-state index contributed by atoms with van der Waals surface area (Å²) >= 11 is 0. The second kappa shape index (κ2) is 5.35. The molecule has 1 aromatic rings. The van der Waals surface area contributed by atoms with Gasteiger partial charge in [0.2, 0.25) is 20.0 Å². The van der Waals surface area contributed by atoms with Crippen LogP contribution in [0.25, 0.3) is 0 Å². The van der Waals surface area contributed by atoms with E-state index in [9.17, 15) is 16.8 Å². The quantitative estimate of drug-likeness (QED) is 0.815. The predicted molar refractivity (Wildman–Crippen MR) is 68.8 cm³/mol. The first-order chi connectivity index (χ1) is 8.15. The zero-order chi connectivity index (χ0) is 14.0. The molecule has 0 spiro atoms. The van der Waals surface area contributed by atoms with Gasteiger partial charge in [-0.05, 0) is 31.5 Å². The Balaban J connectivity index is 3.05. The van der Waals surface area contributed by atoms with Crippen LogP contribution in [-0.2, 0) is 20.0 Å². The zero-order valence-electron chi connectivity index (χ0n) is 10.1. The molecule has 0 aliphatic heterocycles. The lowest BCUT2D eigenvalue weighted by atomic mass is 10.1.